The Morgan fingerprint density at radius 1 is 0.870 bits per heavy atom. The second-order valence-corrected chi connectivity index (χ2v) is 11.8. The van der Waals surface area contributed by atoms with E-state index in [2.05, 4.69) is 4.18 Å². The summed E-state index contributed by atoms with van der Waals surface area (Å²) in [5.74, 6) is -6.57. The molecule has 1 aliphatic rings. The standard InChI is InChI=1S/C29H31F3O13S/c1-15-6-9-22(13-21(15)12-20-7-10-23(11-8-20)45-46(38,39)29(30,31)32)28(37)27(43-19(5)36)26(42-18(4)35)25(41-17(3)34)24(44-28)14-40-16(2)33/h6-11,13,24-27,37H,12,14H2,1-5H3/t24-,25-,26+,27-,28+/m1/s1. The van der Waals surface area contributed by atoms with E-state index in [1.165, 1.54) is 24.3 Å². The molecule has 3 rings (SSSR count). The van der Waals surface area contributed by atoms with Crippen molar-refractivity contribution in [2.75, 3.05) is 6.61 Å². The maximum atomic E-state index is 12.7. The molecule has 0 bridgehead atoms. The molecule has 1 aliphatic heterocycles. The fourth-order valence-electron chi connectivity index (χ4n) is 4.65. The number of rotatable bonds is 10. The summed E-state index contributed by atoms with van der Waals surface area (Å²) in [5.41, 5.74) is -3.96. The van der Waals surface area contributed by atoms with Crippen molar-refractivity contribution in [2.24, 2.45) is 0 Å². The summed E-state index contributed by atoms with van der Waals surface area (Å²) in [7, 11) is -5.87. The average molecular weight is 677 g/mol. The van der Waals surface area contributed by atoms with Crippen LogP contribution in [0.2, 0.25) is 0 Å². The second-order valence-electron chi connectivity index (χ2n) is 10.3. The van der Waals surface area contributed by atoms with Gasteiger partial charge in [-0.2, -0.15) is 21.6 Å². The van der Waals surface area contributed by atoms with Gasteiger partial charge in [0.2, 0.25) is 11.9 Å². The second kappa shape index (κ2) is 14.0. The lowest BCUT2D eigenvalue weighted by atomic mass is 9.85. The Morgan fingerprint density at radius 2 is 1.43 bits per heavy atom. The van der Waals surface area contributed by atoms with Crippen LogP contribution in [-0.2, 0) is 65.2 Å². The van der Waals surface area contributed by atoms with Gasteiger partial charge < -0.3 is 33.0 Å². The Hall–Kier alpha value is -4.22. The molecule has 1 heterocycles. The van der Waals surface area contributed by atoms with Crippen molar-refractivity contribution < 1.29 is 73.7 Å². The molecule has 0 amide bonds. The largest absolute Gasteiger partial charge is 0.534 e. The summed E-state index contributed by atoms with van der Waals surface area (Å²) in [4.78, 5) is 47.9. The minimum absolute atomic E-state index is 0.0261. The molecular weight excluding hydrogens is 645 g/mol. The molecule has 0 aromatic heterocycles. The maximum Gasteiger partial charge on any atom is 0.534 e. The zero-order chi connectivity index (χ0) is 34.6. The number of hydrogen-bond donors (Lipinski definition) is 1. The SMILES string of the molecule is CC(=O)OC[C@H]1O[C@@](O)(c2ccc(C)c(Cc3ccc(OS(=O)(=O)C(F)(F)F)cc3)c2)[C@H](OC(C)=O)[C@@H](OC(C)=O)[C@@H]1OC(C)=O. The molecule has 2 aromatic rings. The molecule has 0 aliphatic carbocycles. The van der Waals surface area contributed by atoms with Crippen LogP contribution in [0.15, 0.2) is 42.5 Å². The number of ether oxygens (including phenoxy) is 5. The zero-order valence-electron chi connectivity index (χ0n) is 25.2. The van der Waals surface area contributed by atoms with Crippen LogP contribution in [0.5, 0.6) is 5.75 Å². The Labute approximate surface area is 261 Å². The van der Waals surface area contributed by atoms with Crippen molar-refractivity contribution in [1.82, 2.24) is 0 Å². The molecule has 0 radical (unpaired) electrons. The van der Waals surface area contributed by atoms with Gasteiger partial charge >= 0.3 is 39.5 Å². The van der Waals surface area contributed by atoms with Gasteiger partial charge in [0, 0.05) is 33.3 Å². The lowest BCUT2D eigenvalue weighted by Crippen LogP contribution is -2.66. The molecule has 0 saturated carbocycles. The molecule has 0 spiro atoms. The van der Waals surface area contributed by atoms with Crippen LogP contribution in [0.1, 0.15) is 49.9 Å². The first-order chi connectivity index (χ1) is 21.2. The Kier molecular flexibility index (Phi) is 11.1. The van der Waals surface area contributed by atoms with Crippen LogP contribution in [0.4, 0.5) is 13.2 Å². The van der Waals surface area contributed by atoms with Gasteiger partial charge in [-0.1, -0.05) is 24.3 Å². The number of hydrogen-bond acceptors (Lipinski definition) is 13. The molecule has 1 saturated heterocycles. The Balaban J connectivity index is 2.06. The maximum absolute atomic E-state index is 12.7. The molecule has 5 atom stereocenters. The smallest absolute Gasteiger partial charge is 0.463 e. The van der Waals surface area contributed by atoms with Crippen LogP contribution in [0.3, 0.4) is 0 Å². The molecular formula is C29H31F3O13S. The van der Waals surface area contributed by atoms with E-state index in [1.54, 1.807) is 13.0 Å². The fourth-order valence-corrected chi connectivity index (χ4v) is 5.11. The molecule has 46 heavy (non-hydrogen) atoms. The lowest BCUT2D eigenvalue weighted by Gasteiger charge is -2.48. The van der Waals surface area contributed by atoms with E-state index in [4.69, 9.17) is 23.7 Å². The van der Waals surface area contributed by atoms with Gasteiger partial charge in [-0.05, 0) is 48.2 Å². The van der Waals surface area contributed by atoms with Crippen molar-refractivity contribution in [1.29, 1.82) is 0 Å². The van der Waals surface area contributed by atoms with E-state index in [1.807, 2.05) is 0 Å². The van der Waals surface area contributed by atoms with E-state index in [0.717, 1.165) is 39.8 Å². The first-order valence-corrected chi connectivity index (χ1v) is 14.9. The number of carbonyl (C=O) groups excluding carboxylic acids is 4. The van der Waals surface area contributed by atoms with Gasteiger partial charge in [-0.3, -0.25) is 19.2 Å². The summed E-state index contributed by atoms with van der Waals surface area (Å²) in [6.07, 6.45) is -6.29. The minimum atomic E-state index is -5.87. The first kappa shape index (κ1) is 36.3. The number of halogens is 3. The van der Waals surface area contributed by atoms with E-state index in [9.17, 15) is 45.9 Å². The van der Waals surface area contributed by atoms with E-state index < -0.39 is 82.1 Å². The first-order valence-electron chi connectivity index (χ1n) is 13.5. The van der Waals surface area contributed by atoms with Crippen LogP contribution in [0.25, 0.3) is 0 Å². The number of benzene rings is 2. The zero-order valence-corrected chi connectivity index (χ0v) is 26.0. The van der Waals surface area contributed by atoms with Crippen molar-refractivity contribution >= 4 is 34.0 Å². The normalized spacial score (nSPS) is 23.2. The van der Waals surface area contributed by atoms with Crippen LogP contribution in [-0.4, -0.2) is 73.9 Å². The average Bonchev–Trinajstić information content (AvgIpc) is 2.92. The predicted octanol–water partition coefficient (Wildman–Crippen LogP) is 2.72. The van der Waals surface area contributed by atoms with Crippen molar-refractivity contribution in [2.45, 2.75) is 76.8 Å². The topological polar surface area (TPSA) is 178 Å². The van der Waals surface area contributed by atoms with Gasteiger partial charge in [-0.15, -0.1) is 0 Å². The summed E-state index contributed by atoms with van der Waals surface area (Å²) in [6.45, 7) is 5.34. The molecule has 2 aromatic carbocycles. The molecule has 252 valence electrons. The number of aryl methyl sites for hydroxylation is 1. The third-order valence-electron chi connectivity index (χ3n) is 6.62. The highest BCUT2D eigenvalue weighted by molar-refractivity contribution is 7.88. The van der Waals surface area contributed by atoms with Crippen molar-refractivity contribution in [3.63, 3.8) is 0 Å². The molecule has 1 fully saturated rings. The number of carbonyl (C=O) groups is 4. The summed E-state index contributed by atoms with van der Waals surface area (Å²) in [6, 6.07) is 9.19. The van der Waals surface area contributed by atoms with E-state index in [-0.39, 0.29) is 12.0 Å². The van der Waals surface area contributed by atoms with Crippen molar-refractivity contribution in [3.8, 4) is 5.75 Å². The Bertz CT molecular complexity index is 1570. The highest BCUT2D eigenvalue weighted by Crippen LogP contribution is 2.41. The van der Waals surface area contributed by atoms with E-state index in [0.29, 0.717) is 16.7 Å². The van der Waals surface area contributed by atoms with E-state index >= 15 is 0 Å². The number of alkyl halides is 3. The van der Waals surface area contributed by atoms with Gasteiger partial charge in [0.1, 0.15) is 18.5 Å². The lowest BCUT2D eigenvalue weighted by molar-refractivity contribution is -0.360. The third-order valence-corrected chi connectivity index (χ3v) is 7.60. The minimum Gasteiger partial charge on any atom is -0.463 e. The Morgan fingerprint density at radius 3 is 1.96 bits per heavy atom. The predicted molar refractivity (Wildman–Crippen MR) is 148 cm³/mol. The fraction of sp³-hybridized carbons (Fsp3) is 0.448. The number of esters is 4. The quantitative estimate of drug-likeness (QED) is 0.168. The van der Waals surface area contributed by atoms with Gasteiger partial charge in [-0.25, -0.2) is 0 Å². The van der Waals surface area contributed by atoms with Gasteiger partial charge in [0.05, 0.1) is 0 Å². The summed E-state index contributed by atoms with van der Waals surface area (Å²) in [5, 5.41) is 12.1. The molecule has 17 heteroatoms. The molecule has 0 unspecified atom stereocenters. The summed E-state index contributed by atoms with van der Waals surface area (Å²) >= 11 is 0. The summed E-state index contributed by atoms with van der Waals surface area (Å²) < 4.78 is 91.9. The number of aliphatic hydroxyl groups is 1. The van der Waals surface area contributed by atoms with Crippen LogP contribution in [0, 0.1) is 6.92 Å². The van der Waals surface area contributed by atoms with Gasteiger partial charge in [0.25, 0.3) is 0 Å². The highest BCUT2D eigenvalue weighted by Gasteiger charge is 2.60. The monoisotopic (exact) mass is 676 g/mol. The third kappa shape index (κ3) is 8.73. The molecule has 13 nitrogen and oxygen atoms in total. The van der Waals surface area contributed by atoms with Crippen molar-refractivity contribution in [3.05, 3.63) is 64.7 Å². The van der Waals surface area contributed by atoms with Crippen LogP contribution < -0.4 is 4.18 Å². The highest BCUT2D eigenvalue weighted by atomic mass is 32.2. The van der Waals surface area contributed by atoms with Gasteiger partial charge in [0.15, 0.2) is 12.2 Å². The van der Waals surface area contributed by atoms with Crippen LogP contribution >= 0.6 is 0 Å². The molecule has 1 N–H and O–H groups in total.